The zero-order valence-electron chi connectivity index (χ0n) is 13.3. The molecule has 1 atom stereocenters. The smallest absolute Gasteiger partial charge is 0.326 e. The van der Waals surface area contributed by atoms with E-state index in [0.29, 0.717) is 5.13 Å². The predicted molar refractivity (Wildman–Crippen MR) is 83.9 cm³/mol. The SMILES string of the molecule is CC(C)C(NC(=O)c1csc(NC(=O)C(C)(C)C)n1)C(=O)O. The Hall–Kier alpha value is -1.96. The van der Waals surface area contributed by atoms with E-state index in [1.165, 1.54) is 5.38 Å². The Morgan fingerprint density at radius 1 is 1.27 bits per heavy atom. The van der Waals surface area contributed by atoms with Crippen LogP contribution in [0.2, 0.25) is 0 Å². The van der Waals surface area contributed by atoms with Gasteiger partial charge in [0.1, 0.15) is 11.7 Å². The summed E-state index contributed by atoms with van der Waals surface area (Å²) in [5.41, 5.74) is -0.485. The number of rotatable bonds is 5. The number of amides is 2. The van der Waals surface area contributed by atoms with Crippen molar-refractivity contribution >= 4 is 34.3 Å². The van der Waals surface area contributed by atoms with Crippen LogP contribution in [0.25, 0.3) is 0 Å². The summed E-state index contributed by atoms with van der Waals surface area (Å²) in [6, 6.07) is -0.984. The first-order valence-electron chi connectivity index (χ1n) is 6.83. The van der Waals surface area contributed by atoms with Crippen LogP contribution < -0.4 is 10.6 Å². The third-order valence-electron chi connectivity index (χ3n) is 2.86. The Labute approximate surface area is 133 Å². The zero-order chi connectivity index (χ0) is 17.1. The van der Waals surface area contributed by atoms with Crippen LogP contribution in [0.3, 0.4) is 0 Å². The average molecular weight is 327 g/mol. The topological polar surface area (TPSA) is 108 Å². The van der Waals surface area contributed by atoms with Gasteiger partial charge >= 0.3 is 5.97 Å². The normalized spacial score (nSPS) is 12.8. The Morgan fingerprint density at radius 2 is 1.86 bits per heavy atom. The minimum atomic E-state index is -1.10. The third kappa shape index (κ3) is 4.80. The molecule has 22 heavy (non-hydrogen) atoms. The summed E-state index contributed by atoms with van der Waals surface area (Å²) >= 11 is 1.11. The zero-order valence-corrected chi connectivity index (χ0v) is 14.1. The number of aliphatic carboxylic acids is 1. The maximum atomic E-state index is 12.0. The summed E-state index contributed by atoms with van der Waals surface area (Å²) < 4.78 is 0. The highest BCUT2D eigenvalue weighted by Gasteiger charge is 2.26. The van der Waals surface area contributed by atoms with Crippen LogP contribution in [0.1, 0.15) is 45.1 Å². The van der Waals surface area contributed by atoms with Gasteiger partial charge in [-0.2, -0.15) is 0 Å². The van der Waals surface area contributed by atoms with Gasteiger partial charge in [0.05, 0.1) is 0 Å². The number of hydrogen-bond donors (Lipinski definition) is 3. The van der Waals surface area contributed by atoms with E-state index in [4.69, 9.17) is 5.11 Å². The molecule has 8 heteroatoms. The molecule has 0 spiro atoms. The maximum Gasteiger partial charge on any atom is 0.326 e. The molecule has 0 aliphatic heterocycles. The lowest BCUT2D eigenvalue weighted by Crippen LogP contribution is -2.44. The molecule has 3 N–H and O–H groups in total. The largest absolute Gasteiger partial charge is 0.480 e. The van der Waals surface area contributed by atoms with Gasteiger partial charge in [-0.25, -0.2) is 9.78 Å². The standard InChI is InChI=1S/C14H21N3O4S/c1-7(2)9(11(19)20)16-10(18)8-6-22-13(15-8)17-12(21)14(3,4)5/h6-7,9H,1-5H3,(H,16,18)(H,19,20)(H,15,17,21). The number of nitrogens with zero attached hydrogens (tertiary/aromatic N) is 1. The van der Waals surface area contributed by atoms with Gasteiger partial charge in [-0.1, -0.05) is 34.6 Å². The van der Waals surface area contributed by atoms with Crippen LogP contribution >= 0.6 is 11.3 Å². The molecule has 0 bridgehead atoms. The van der Waals surface area contributed by atoms with Gasteiger partial charge in [-0.15, -0.1) is 11.3 Å². The first-order valence-corrected chi connectivity index (χ1v) is 7.71. The second kappa shape index (κ2) is 6.87. The van der Waals surface area contributed by atoms with Gasteiger partial charge in [0.15, 0.2) is 5.13 Å². The fourth-order valence-electron chi connectivity index (χ4n) is 1.45. The molecule has 2 amide bonds. The summed E-state index contributed by atoms with van der Waals surface area (Å²) in [5.74, 6) is -2.13. The molecule has 0 aliphatic carbocycles. The van der Waals surface area contributed by atoms with Crippen molar-refractivity contribution in [3.63, 3.8) is 0 Å². The third-order valence-corrected chi connectivity index (χ3v) is 3.62. The fraction of sp³-hybridized carbons (Fsp3) is 0.571. The molecular formula is C14H21N3O4S. The van der Waals surface area contributed by atoms with Crippen molar-refractivity contribution in [2.75, 3.05) is 5.32 Å². The van der Waals surface area contributed by atoms with Crippen molar-refractivity contribution < 1.29 is 19.5 Å². The molecule has 0 saturated heterocycles. The van der Waals surface area contributed by atoms with Crippen LogP contribution in [0.4, 0.5) is 5.13 Å². The quantitative estimate of drug-likeness (QED) is 0.766. The fourth-order valence-corrected chi connectivity index (χ4v) is 2.13. The molecule has 1 unspecified atom stereocenters. The van der Waals surface area contributed by atoms with Gasteiger partial charge in [-0.05, 0) is 5.92 Å². The van der Waals surface area contributed by atoms with E-state index in [9.17, 15) is 14.4 Å². The van der Waals surface area contributed by atoms with Crippen molar-refractivity contribution in [3.8, 4) is 0 Å². The molecule has 0 saturated carbocycles. The summed E-state index contributed by atoms with van der Waals surface area (Å²) in [6.07, 6.45) is 0. The van der Waals surface area contributed by atoms with E-state index in [0.717, 1.165) is 11.3 Å². The van der Waals surface area contributed by atoms with E-state index in [1.807, 2.05) is 0 Å². The van der Waals surface area contributed by atoms with Crippen molar-refractivity contribution in [1.82, 2.24) is 10.3 Å². The van der Waals surface area contributed by atoms with E-state index in [-0.39, 0.29) is 17.5 Å². The first kappa shape index (κ1) is 18.1. The van der Waals surface area contributed by atoms with E-state index in [2.05, 4.69) is 15.6 Å². The highest BCUT2D eigenvalue weighted by molar-refractivity contribution is 7.14. The number of nitrogens with one attached hydrogen (secondary N) is 2. The number of carboxylic acid groups (broad SMARTS) is 1. The minimum absolute atomic E-state index is 0.0844. The summed E-state index contributed by atoms with van der Waals surface area (Å²) in [6.45, 7) is 8.71. The molecule has 122 valence electrons. The van der Waals surface area contributed by atoms with Crippen molar-refractivity contribution in [1.29, 1.82) is 0 Å². The lowest BCUT2D eigenvalue weighted by molar-refractivity contribution is -0.140. The van der Waals surface area contributed by atoms with Gasteiger partial charge < -0.3 is 15.7 Å². The number of carbonyl (C=O) groups excluding carboxylic acids is 2. The molecule has 0 aromatic carbocycles. The number of hydrogen-bond acceptors (Lipinski definition) is 5. The van der Waals surface area contributed by atoms with Crippen LogP contribution in [0.5, 0.6) is 0 Å². The van der Waals surface area contributed by atoms with Crippen LogP contribution in [0, 0.1) is 11.3 Å². The van der Waals surface area contributed by atoms with Crippen LogP contribution in [-0.4, -0.2) is 33.9 Å². The molecule has 1 aromatic rings. The van der Waals surface area contributed by atoms with Crippen molar-refractivity contribution in [2.24, 2.45) is 11.3 Å². The number of thiazole rings is 1. The molecule has 7 nitrogen and oxygen atoms in total. The number of anilines is 1. The molecular weight excluding hydrogens is 306 g/mol. The van der Waals surface area contributed by atoms with E-state index < -0.39 is 23.3 Å². The average Bonchev–Trinajstić information content (AvgIpc) is 2.82. The van der Waals surface area contributed by atoms with Gasteiger partial charge in [0, 0.05) is 10.8 Å². The minimum Gasteiger partial charge on any atom is -0.480 e. The molecule has 1 aromatic heterocycles. The lowest BCUT2D eigenvalue weighted by atomic mass is 9.96. The summed E-state index contributed by atoms with van der Waals surface area (Å²) in [4.78, 5) is 39.0. The van der Waals surface area contributed by atoms with Gasteiger partial charge in [0.25, 0.3) is 5.91 Å². The van der Waals surface area contributed by atoms with Crippen molar-refractivity contribution in [3.05, 3.63) is 11.1 Å². The molecule has 1 rings (SSSR count). The monoisotopic (exact) mass is 327 g/mol. The first-order chi connectivity index (χ1) is 10.0. The Balaban J connectivity index is 2.77. The molecule has 0 aliphatic rings. The Morgan fingerprint density at radius 3 is 2.32 bits per heavy atom. The highest BCUT2D eigenvalue weighted by atomic mass is 32.1. The highest BCUT2D eigenvalue weighted by Crippen LogP contribution is 2.20. The summed E-state index contributed by atoms with van der Waals surface area (Å²) in [7, 11) is 0. The predicted octanol–water partition coefficient (Wildman–Crippen LogP) is 1.97. The molecule has 0 radical (unpaired) electrons. The molecule has 0 fully saturated rings. The maximum absolute atomic E-state index is 12.0. The van der Waals surface area contributed by atoms with Gasteiger partial charge in [-0.3, -0.25) is 9.59 Å². The number of carboxylic acids is 1. The van der Waals surface area contributed by atoms with Crippen LogP contribution in [0.15, 0.2) is 5.38 Å². The van der Waals surface area contributed by atoms with Crippen LogP contribution in [-0.2, 0) is 9.59 Å². The number of aromatic nitrogens is 1. The second-order valence-corrected chi connectivity index (χ2v) is 7.13. The Bertz CT molecular complexity index is 575. The van der Waals surface area contributed by atoms with Gasteiger partial charge in [0.2, 0.25) is 5.91 Å². The lowest BCUT2D eigenvalue weighted by Gasteiger charge is -2.17. The second-order valence-electron chi connectivity index (χ2n) is 6.28. The Kier molecular flexibility index (Phi) is 5.65. The van der Waals surface area contributed by atoms with E-state index >= 15 is 0 Å². The summed E-state index contributed by atoms with van der Waals surface area (Å²) in [5, 5.41) is 15.9. The van der Waals surface area contributed by atoms with Crippen molar-refractivity contribution in [2.45, 2.75) is 40.7 Å². The van der Waals surface area contributed by atoms with E-state index in [1.54, 1.807) is 34.6 Å². The molecule has 1 heterocycles. The number of carbonyl (C=O) groups is 3.